The molecule has 2 rings (SSSR count). The van der Waals surface area contributed by atoms with Gasteiger partial charge in [-0.2, -0.15) is 0 Å². The molecule has 1 saturated carbocycles. The van der Waals surface area contributed by atoms with Crippen LogP contribution >= 0.6 is 12.4 Å². The van der Waals surface area contributed by atoms with E-state index in [1.165, 1.54) is 0 Å². The Hall–Kier alpha value is -1.63. The standard InChI is InChI=1S/C21H33N3O3.ClH/c1-8-27-16-12-21(22,20(16,6)7)18(26)23-14-10-9-13(2)15(11-14)24-17(25)19(3,4)5;/h9-11,16H,8,12,22H2,1-7H3,(H,23,26)(H,24,25);1H. The monoisotopic (exact) mass is 411 g/mol. The number of carbonyl (C=O) groups is 2. The van der Waals surface area contributed by atoms with Gasteiger partial charge in [0.2, 0.25) is 11.8 Å². The van der Waals surface area contributed by atoms with Crippen molar-refractivity contribution in [3.63, 3.8) is 0 Å². The Kier molecular flexibility index (Phi) is 7.32. The minimum absolute atomic E-state index is 0. The van der Waals surface area contributed by atoms with Gasteiger partial charge in [0.05, 0.1) is 6.10 Å². The van der Waals surface area contributed by atoms with Crippen LogP contribution in [0.15, 0.2) is 18.2 Å². The van der Waals surface area contributed by atoms with E-state index in [1.54, 1.807) is 6.07 Å². The number of carbonyl (C=O) groups excluding carboxylic acids is 2. The zero-order valence-electron chi connectivity index (χ0n) is 17.9. The summed E-state index contributed by atoms with van der Waals surface area (Å²) in [6.45, 7) is 13.9. The Balaban J connectivity index is 0.00000392. The van der Waals surface area contributed by atoms with Crippen LogP contribution in [-0.4, -0.2) is 30.1 Å². The van der Waals surface area contributed by atoms with Crippen molar-refractivity contribution in [1.82, 2.24) is 0 Å². The van der Waals surface area contributed by atoms with Gasteiger partial charge in [0.1, 0.15) is 5.54 Å². The number of aryl methyl sites for hydroxylation is 1. The molecule has 0 aromatic heterocycles. The van der Waals surface area contributed by atoms with Crippen molar-refractivity contribution in [2.45, 2.75) is 66.5 Å². The van der Waals surface area contributed by atoms with E-state index in [9.17, 15) is 9.59 Å². The van der Waals surface area contributed by atoms with Gasteiger partial charge in [-0.3, -0.25) is 9.59 Å². The van der Waals surface area contributed by atoms with Gasteiger partial charge in [-0.15, -0.1) is 12.4 Å². The summed E-state index contributed by atoms with van der Waals surface area (Å²) in [4.78, 5) is 25.2. The third-order valence-corrected chi connectivity index (χ3v) is 5.66. The molecule has 4 N–H and O–H groups in total. The molecule has 2 unspecified atom stereocenters. The second kappa shape index (κ2) is 8.39. The van der Waals surface area contributed by atoms with E-state index >= 15 is 0 Å². The SMILES string of the molecule is CCOC1CC(N)(C(=O)Nc2ccc(C)c(NC(=O)C(C)(C)C)c2)C1(C)C.Cl. The third-order valence-electron chi connectivity index (χ3n) is 5.66. The van der Waals surface area contributed by atoms with Crippen LogP contribution in [0.1, 0.15) is 53.5 Å². The molecule has 1 aromatic rings. The number of halogens is 1. The number of nitrogens with two attached hydrogens (primary N) is 1. The van der Waals surface area contributed by atoms with Crippen LogP contribution in [0.25, 0.3) is 0 Å². The second-order valence-corrected chi connectivity index (χ2v) is 9.03. The fourth-order valence-electron chi connectivity index (χ4n) is 3.21. The molecular formula is C21H34ClN3O3. The van der Waals surface area contributed by atoms with Crippen LogP contribution in [0.5, 0.6) is 0 Å². The number of hydrogen-bond acceptors (Lipinski definition) is 4. The zero-order valence-corrected chi connectivity index (χ0v) is 18.8. The van der Waals surface area contributed by atoms with Crippen molar-refractivity contribution in [2.75, 3.05) is 17.2 Å². The fourth-order valence-corrected chi connectivity index (χ4v) is 3.21. The lowest BCUT2D eigenvalue weighted by atomic mass is 9.54. The smallest absolute Gasteiger partial charge is 0.245 e. The highest BCUT2D eigenvalue weighted by Crippen LogP contribution is 2.50. The normalized spacial score (nSPS) is 23.2. The molecule has 0 heterocycles. The van der Waals surface area contributed by atoms with E-state index in [0.717, 1.165) is 5.56 Å². The van der Waals surface area contributed by atoms with Gasteiger partial charge >= 0.3 is 0 Å². The largest absolute Gasteiger partial charge is 0.378 e. The summed E-state index contributed by atoms with van der Waals surface area (Å²) >= 11 is 0. The maximum Gasteiger partial charge on any atom is 0.245 e. The van der Waals surface area contributed by atoms with Gasteiger partial charge in [-0.1, -0.05) is 40.7 Å². The Morgan fingerprint density at radius 3 is 2.36 bits per heavy atom. The molecule has 0 radical (unpaired) electrons. The molecule has 0 aliphatic heterocycles. The molecule has 0 bridgehead atoms. The maximum absolute atomic E-state index is 12.9. The molecule has 1 aliphatic carbocycles. The maximum atomic E-state index is 12.9. The van der Waals surface area contributed by atoms with E-state index in [1.807, 2.05) is 60.6 Å². The fraction of sp³-hybridized carbons (Fsp3) is 0.619. The molecule has 158 valence electrons. The number of hydrogen-bond donors (Lipinski definition) is 3. The molecule has 0 saturated heterocycles. The Morgan fingerprint density at radius 1 is 1.25 bits per heavy atom. The van der Waals surface area contributed by atoms with Crippen molar-refractivity contribution < 1.29 is 14.3 Å². The summed E-state index contributed by atoms with van der Waals surface area (Å²) in [5, 5.41) is 5.84. The van der Waals surface area contributed by atoms with E-state index < -0.39 is 16.4 Å². The molecular weight excluding hydrogens is 378 g/mol. The average molecular weight is 412 g/mol. The van der Waals surface area contributed by atoms with Crippen LogP contribution in [0.3, 0.4) is 0 Å². The summed E-state index contributed by atoms with van der Waals surface area (Å²) in [6, 6.07) is 5.45. The number of benzene rings is 1. The van der Waals surface area contributed by atoms with E-state index in [2.05, 4.69) is 10.6 Å². The van der Waals surface area contributed by atoms with Gasteiger partial charge in [0.15, 0.2) is 0 Å². The van der Waals surface area contributed by atoms with Crippen molar-refractivity contribution >= 4 is 35.6 Å². The quantitative estimate of drug-likeness (QED) is 0.685. The molecule has 2 atom stereocenters. The molecule has 7 heteroatoms. The van der Waals surface area contributed by atoms with E-state index in [4.69, 9.17) is 10.5 Å². The van der Waals surface area contributed by atoms with Crippen LogP contribution < -0.4 is 16.4 Å². The van der Waals surface area contributed by atoms with Crippen molar-refractivity contribution in [2.24, 2.45) is 16.6 Å². The van der Waals surface area contributed by atoms with Gasteiger partial charge in [0, 0.05) is 35.2 Å². The van der Waals surface area contributed by atoms with Crippen LogP contribution in [0, 0.1) is 17.8 Å². The van der Waals surface area contributed by atoms with Crippen molar-refractivity contribution in [1.29, 1.82) is 0 Å². The average Bonchev–Trinajstić information content (AvgIpc) is 2.56. The first-order valence-corrected chi connectivity index (χ1v) is 9.47. The number of rotatable bonds is 5. The third kappa shape index (κ3) is 4.50. The Labute approximate surface area is 174 Å². The lowest BCUT2D eigenvalue weighted by Gasteiger charge is -2.57. The summed E-state index contributed by atoms with van der Waals surface area (Å²) in [6.07, 6.45) is 0.456. The first kappa shape index (κ1) is 24.4. The van der Waals surface area contributed by atoms with Gasteiger partial charge in [-0.25, -0.2) is 0 Å². The van der Waals surface area contributed by atoms with E-state index in [-0.39, 0.29) is 30.3 Å². The number of anilines is 2. The van der Waals surface area contributed by atoms with Gasteiger partial charge < -0.3 is 21.1 Å². The zero-order chi connectivity index (χ0) is 20.6. The summed E-state index contributed by atoms with van der Waals surface area (Å²) in [5.41, 5.74) is 6.69. The molecule has 2 amide bonds. The van der Waals surface area contributed by atoms with E-state index in [0.29, 0.717) is 24.4 Å². The summed E-state index contributed by atoms with van der Waals surface area (Å²) in [5.74, 6) is -0.315. The molecule has 28 heavy (non-hydrogen) atoms. The van der Waals surface area contributed by atoms with Crippen LogP contribution in [0.4, 0.5) is 11.4 Å². The van der Waals surface area contributed by atoms with Crippen LogP contribution in [-0.2, 0) is 14.3 Å². The second-order valence-electron chi connectivity index (χ2n) is 9.03. The van der Waals surface area contributed by atoms with Crippen LogP contribution in [0.2, 0.25) is 0 Å². The highest BCUT2D eigenvalue weighted by Gasteiger charge is 2.62. The van der Waals surface area contributed by atoms with Gasteiger partial charge in [-0.05, 0) is 31.5 Å². The molecule has 0 spiro atoms. The first-order chi connectivity index (χ1) is 12.3. The molecule has 1 fully saturated rings. The first-order valence-electron chi connectivity index (χ1n) is 9.47. The number of ether oxygens (including phenoxy) is 1. The lowest BCUT2D eigenvalue weighted by molar-refractivity contribution is -0.166. The molecule has 1 aliphatic rings. The van der Waals surface area contributed by atoms with Crippen molar-refractivity contribution in [3.05, 3.63) is 23.8 Å². The van der Waals surface area contributed by atoms with Crippen molar-refractivity contribution in [3.8, 4) is 0 Å². The number of amides is 2. The summed E-state index contributed by atoms with van der Waals surface area (Å²) < 4.78 is 5.69. The number of nitrogens with one attached hydrogen (secondary N) is 2. The summed E-state index contributed by atoms with van der Waals surface area (Å²) in [7, 11) is 0. The Bertz CT molecular complexity index is 743. The highest BCUT2D eigenvalue weighted by molar-refractivity contribution is 6.01. The molecule has 1 aromatic carbocycles. The predicted molar refractivity (Wildman–Crippen MR) is 116 cm³/mol. The Morgan fingerprint density at radius 2 is 1.86 bits per heavy atom. The predicted octanol–water partition coefficient (Wildman–Crippen LogP) is 3.87. The minimum atomic E-state index is -0.994. The molecule has 6 nitrogen and oxygen atoms in total. The highest BCUT2D eigenvalue weighted by atomic mass is 35.5. The van der Waals surface area contributed by atoms with Gasteiger partial charge in [0.25, 0.3) is 0 Å². The lowest BCUT2D eigenvalue weighted by Crippen LogP contribution is -2.74. The minimum Gasteiger partial charge on any atom is -0.378 e. The topological polar surface area (TPSA) is 93.4 Å².